The molecule has 2 rings (SSSR count). The van der Waals surface area contributed by atoms with Gasteiger partial charge >= 0.3 is 5.97 Å². The van der Waals surface area contributed by atoms with Crippen LogP contribution in [0.5, 0.6) is 0 Å². The van der Waals surface area contributed by atoms with E-state index in [1.807, 2.05) is 22.6 Å². The Balaban J connectivity index is 2.13. The van der Waals surface area contributed by atoms with Gasteiger partial charge in [0.25, 0.3) is 5.69 Å². The third-order valence-electron chi connectivity index (χ3n) is 2.53. The Morgan fingerprint density at radius 3 is 2.82 bits per heavy atom. The quantitative estimate of drug-likeness (QED) is 0.364. The molecule has 1 aliphatic carbocycles. The van der Waals surface area contributed by atoms with Gasteiger partial charge in [-0.3, -0.25) is 10.1 Å². The molecule has 90 valence electrons. The van der Waals surface area contributed by atoms with Crippen LogP contribution in [0.3, 0.4) is 0 Å². The fraction of sp³-hybridized carbons (Fsp3) is 0.364. The highest BCUT2D eigenvalue weighted by molar-refractivity contribution is 14.1. The molecule has 1 aliphatic rings. The molecule has 5 nitrogen and oxygen atoms in total. The topological polar surface area (TPSA) is 69.4 Å². The largest absolute Gasteiger partial charge is 0.462 e. The number of carbonyl (C=O) groups excluding carboxylic acids is 1. The summed E-state index contributed by atoms with van der Waals surface area (Å²) in [5.74, 6) is 0.000286. The molecule has 0 heterocycles. The van der Waals surface area contributed by atoms with Gasteiger partial charge < -0.3 is 4.74 Å². The van der Waals surface area contributed by atoms with Crippen LogP contribution < -0.4 is 0 Å². The normalized spacial score (nSPS) is 14.4. The summed E-state index contributed by atoms with van der Waals surface area (Å²) in [4.78, 5) is 21.8. The van der Waals surface area contributed by atoms with Gasteiger partial charge in [0.2, 0.25) is 0 Å². The van der Waals surface area contributed by atoms with E-state index in [-0.39, 0.29) is 11.3 Å². The van der Waals surface area contributed by atoms with Gasteiger partial charge in [0.1, 0.15) is 0 Å². The molecule has 0 saturated heterocycles. The number of nitro groups is 1. The fourth-order valence-corrected chi connectivity index (χ4v) is 1.89. The third-order valence-corrected chi connectivity index (χ3v) is 3.47. The van der Waals surface area contributed by atoms with Gasteiger partial charge in [-0.15, -0.1) is 0 Å². The highest BCUT2D eigenvalue weighted by Gasteiger charge is 2.24. The average Bonchev–Trinajstić information content (AvgIpc) is 3.10. The monoisotopic (exact) mass is 347 g/mol. The van der Waals surface area contributed by atoms with Crippen LogP contribution in [0.15, 0.2) is 18.2 Å². The number of nitro benzene ring substituents is 1. The van der Waals surface area contributed by atoms with E-state index in [2.05, 4.69) is 0 Å². The number of esters is 1. The van der Waals surface area contributed by atoms with Crippen molar-refractivity contribution in [2.75, 3.05) is 6.61 Å². The SMILES string of the molecule is O=C(OCC1CC1)c1cc([N+](=O)[O-])ccc1I. The van der Waals surface area contributed by atoms with Crippen molar-refractivity contribution in [1.82, 2.24) is 0 Å². The Labute approximate surface area is 111 Å². The van der Waals surface area contributed by atoms with Crippen molar-refractivity contribution in [3.8, 4) is 0 Å². The standard InChI is InChI=1S/C11H10INO4/c12-10-4-3-8(13(15)16)5-9(10)11(14)17-6-7-1-2-7/h3-5,7H,1-2,6H2. The maximum Gasteiger partial charge on any atom is 0.339 e. The van der Waals surface area contributed by atoms with Gasteiger partial charge in [-0.1, -0.05) is 0 Å². The Hall–Kier alpha value is -1.18. The fourth-order valence-electron chi connectivity index (χ4n) is 1.34. The molecule has 6 heteroatoms. The van der Waals surface area contributed by atoms with Gasteiger partial charge in [-0.25, -0.2) is 4.79 Å². The Morgan fingerprint density at radius 2 is 2.24 bits per heavy atom. The molecule has 0 N–H and O–H groups in total. The summed E-state index contributed by atoms with van der Waals surface area (Å²) in [5.41, 5.74) is 0.171. The number of hydrogen-bond acceptors (Lipinski definition) is 4. The van der Waals surface area contributed by atoms with E-state index >= 15 is 0 Å². The second kappa shape index (κ2) is 4.99. The molecule has 1 aromatic rings. The zero-order valence-electron chi connectivity index (χ0n) is 8.89. The molecule has 1 fully saturated rings. The zero-order chi connectivity index (χ0) is 12.4. The molecule has 0 amide bonds. The van der Waals surface area contributed by atoms with Crippen molar-refractivity contribution in [2.24, 2.45) is 5.92 Å². The molecular formula is C11H10INO4. The van der Waals surface area contributed by atoms with Crippen molar-refractivity contribution >= 4 is 34.2 Å². The first-order chi connectivity index (χ1) is 8.08. The Morgan fingerprint density at radius 1 is 1.53 bits per heavy atom. The number of ether oxygens (including phenoxy) is 1. The first-order valence-electron chi connectivity index (χ1n) is 5.19. The van der Waals surface area contributed by atoms with Crippen molar-refractivity contribution in [2.45, 2.75) is 12.8 Å². The molecule has 17 heavy (non-hydrogen) atoms. The van der Waals surface area contributed by atoms with E-state index in [0.717, 1.165) is 12.8 Å². The average molecular weight is 347 g/mol. The molecule has 0 atom stereocenters. The van der Waals surface area contributed by atoms with Crippen LogP contribution in [0.2, 0.25) is 0 Å². The van der Waals surface area contributed by atoms with E-state index in [4.69, 9.17) is 4.74 Å². The number of non-ortho nitro benzene ring substituents is 1. The number of halogens is 1. The maximum atomic E-state index is 11.7. The lowest BCUT2D eigenvalue weighted by atomic mass is 10.2. The highest BCUT2D eigenvalue weighted by atomic mass is 127. The number of rotatable bonds is 4. The summed E-state index contributed by atoms with van der Waals surface area (Å²) >= 11 is 1.96. The minimum atomic E-state index is -0.520. The van der Waals surface area contributed by atoms with E-state index in [0.29, 0.717) is 16.1 Å². The van der Waals surface area contributed by atoms with Gasteiger partial charge in [0, 0.05) is 15.7 Å². The van der Waals surface area contributed by atoms with Crippen LogP contribution in [0, 0.1) is 19.6 Å². The molecule has 0 radical (unpaired) electrons. The van der Waals surface area contributed by atoms with Crippen LogP contribution in [-0.2, 0) is 4.74 Å². The van der Waals surface area contributed by atoms with E-state index in [1.54, 1.807) is 6.07 Å². The van der Waals surface area contributed by atoms with Crippen LogP contribution in [0.1, 0.15) is 23.2 Å². The van der Waals surface area contributed by atoms with Crippen molar-refractivity contribution in [3.63, 3.8) is 0 Å². The zero-order valence-corrected chi connectivity index (χ0v) is 11.0. The van der Waals surface area contributed by atoms with Crippen LogP contribution in [0.25, 0.3) is 0 Å². The summed E-state index contributed by atoms with van der Waals surface area (Å²) in [7, 11) is 0. The number of benzene rings is 1. The summed E-state index contributed by atoms with van der Waals surface area (Å²) < 4.78 is 5.76. The van der Waals surface area contributed by atoms with Gasteiger partial charge in [-0.2, -0.15) is 0 Å². The lowest BCUT2D eigenvalue weighted by Crippen LogP contribution is -2.09. The molecule has 0 bridgehead atoms. The number of nitrogens with zero attached hydrogens (tertiary/aromatic N) is 1. The van der Waals surface area contributed by atoms with Gasteiger partial charge in [0.15, 0.2) is 0 Å². The third kappa shape index (κ3) is 3.15. The summed E-state index contributed by atoms with van der Waals surface area (Å²) in [6, 6.07) is 4.18. The van der Waals surface area contributed by atoms with E-state index in [1.165, 1.54) is 12.1 Å². The van der Waals surface area contributed by atoms with Crippen LogP contribution in [-0.4, -0.2) is 17.5 Å². The number of hydrogen-bond donors (Lipinski definition) is 0. The summed E-state index contributed by atoms with van der Waals surface area (Å²) in [5, 5.41) is 10.6. The minimum Gasteiger partial charge on any atom is -0.462 e. The molecule has 1 aromatic carbocycles. The lowest BCUT2D eigenvalue weighted by molar-refractivity contribution is -0.384. The number of carbonyl (C=O) groups is 1. The highest BCUT2D eigenvalue weighted by Crippen LogP contribution is 2.29. The smallest absolute Gasteiger partial charge is 0.339 e. The van der Waals surface area contributed by atoms with Crippen LogP contribution in [0.4, 0.5) is 5.69 Å². The van der Waals surface area contributed by atoms with Crippen molar-refractivity contribution in [3.05, 3.63) is 37.4 Å². The Kier molecular flexibility index (Phi) is 3.60. The second-order valence-corrected chi connectivity index (χ2v) is 5.13. The molecule has 0 spiro atoms. The van der Waals surface area contributed by atoms with Crippen molar-refractivity contribution < 1.29 is 14.5 Å². The molecule has 0 aromatic heterocycles. The molecule has 1 saturated carbocycles. The van der Waals surface area contributed by atoms with Gasteiger partial charge in [-0.05, 0) is 47.4 Å². The molecule has 0 aliphatic heterocycles. The van der Waals surface area contributed by atoms with Gasteiger partial charge in [0.05, 0.1) is 17.1 Å². The molecule has 0 unspecified atom stereocenters. The Bertz CT molecular complexity index is 471. The van der Waals surface area contributed by atoms with E-state index < -0.39 is 10.9 Å². The van der Waals surface area contributed by atoms with Crippen molar-refractivity contribution in [1.29, 1.82) is 0 Å². The lowest BCUT2D eigenvalue weighted by Gasteiger charge is -2.05. The summed E-state index contributed by atoms with van der Waals surface area (Å²) in [6.07, 6.45) is 2.19. The first-order valence-corrected chi connectivity index (χ1v) is 6.27. The maximum absolute atomic E-state index is 11.7. The predicted octanol–water partition coefficient (Wildman–Crippen LogP) is 2.77. The van der Waals surface area contributed by atoms with E-state index in [9.17, 15) is 14.9 Å². The minimum absolute atomic E-state index is 0.0937. The first kappa shape index (κ1) is 12.3. The predicted molar refractivity (Wildman–Crippen MR) is 68.8 cm³/mol. The molecular weight excluding hydrogens is 337 g/mol. The summed E-state index contributed by atoms with van der Waals surface area (Å²) in [6.45, 7) is 0.414. The second-order valence-electron chi connectivity index (χ2n) is 3.96. The van der Waals surface area contributed by atoms with Crippen LogP contribution >= 0.6 is 22.6 Å².